The summed E-state index contributed by atoms with van der Waals surface area (Å²) in [6.07, 6.45) is 1.74. The van der Waals surface area contributed by atoms with Gasteiger partial charge in [-0.3, -0.25) is 0 Å². The normalized spacial score (nSPS) is 13.4. The third-order valence-corrected chi connectivity index (χ3v) is 4.04. The van der Waals surface area contributed by atoms with E-state index < -0.39 is 0 Å². The minimum Gasteiger partial charge on any atom is -0.494 e. The average Bonchev–Trinajstić information content (AvgIpc) is 3.09. The lowest BCUT2D eigenvalue weighted by Gasteiger charge is -2.18. The summed E-state index contributed by atoms with van der Waals surface area (Å²) in [6.45, 7) is 11.2. The van der Waals surface area contributed by atoms with E-state index in [-0.39, 0.29) is 23.0 Å². The monoisotopic (exact) mass is 376 g/mol. The molecule has 2 aromatic rings. The first kappa shape index (κ1) is 20.7. The van der Waals surface area contributed by atoms with Crippen LogP contribution in [0.2, 0.25) is 0 Å². The van der Waals surface area contributed by atoms with Crippen molar-refractivity contribution in [3.05, 3.63) is 47.4 Å². The Kier molecular flexibility index (Phi) is 6.82. The zero-order valence-electron chi connectivity index (χ0n) is 16.9. The van der Waals surface area contributed by atoms with Crippen molar-refractivity contribution in [2.75, 3.05) is 13.7 Å². The molecule has 2 rings (SSSR count). The van der Waals surface area contributed by atoms with Crippen LogP contribution < -0.4 is 15.4 Å². The number of ether oxygens (including phenoxy) is 1. The molecule has 1 aromatic carbocycles. The van der Waals surface area contributed by atoms with Gasteiger partial charge >= 0.3 is 0 Å². The van der Waals surface area contributed by atoms with E-state index in [1.165, 1.54) is 13.2 Å². The lowest BCUT2D eigenvalue weighted by molar-refractivity contribution is 0.383. The topological polar surface area (TPSA) is 71.7 Å². The molecule has 7 heteroatoms. The van der Waals surface area contributed by atoms with Gasteiger partial charge in [0.2, 0.25) is 5.89 Å². The molecule has 27 heavy (non-hydrogen) atoms. The van der Waals surface area contributed by atoms with E-state index in [4.69, 9.17) is 9.15 Å². The molecule has 148 valence electrons. The number of methoxy groups -OCH3 is 1. The van der Waals surface area contributed by atoms with E-state index in [0.717, 1.165) is 11.3 Å². The van der Waals surface area contributed by atoms with Crippen LogP contribution in [0.15, 0.2) is 33.8 Å². The molecule has 0 fully saturated rings. The highest BCUT2D eigenvalue weighted by atomic mass is 19.1. The first-order chi connectivity index (χ1) is 12.7. The van der Waals surface area contributed by atoms with Crippen molar-refractivity contribution in [1.82, 2.24) is 15.6 Å². The van der Waals surface area contributed by atoms with Gasteiger partial charge < -0.3 is 19.8 Å². The number of hydrogen-bond donors (Lipinski definition) is 2. The maximum atomic E-state index is 13.9. The standard InChI is InChI=1S/C20H29FN4O2/c1-7-22-19(24-12-18-23-11-17(27-18)20(3,4)5)25-13(2)14-8-9-16(26-6)15(21)10-14/h8-11,13H,7,12H2,1-6H3,(H2,22,24,25). The number of guanidine groups is 1. The average molecular weight is 376 g/mol. The molecule has 0 saturated carbocycles. The van der Waals surface area contributed by atoms with Crippen molar-refractivity contribution in [3.63, 3.8) is 0 Å². The zero-order valence-corrected chi connectivity index (χ0v) is 16.9. The van der Waals surface area contributed by atoms with Crippen LogP contribution in [0.5, 0.6) is 5.75 Å². The Bertz CT molecular complexity index is 781. The maximum Gasteiger partial charge on any atom is 0.216 e. The van der Waals surface area contributed by atoms with E-state index in [1.807, 2.05) is 19.9 Å². The summed E-state index contributed by atoms with van der Waals surface area (Å²) < 4.78 is 24.7. The number of halogens is 1. The predicted molar refractivity (Wildman–Crippen MR) is 105 cm³/mol. The van der Waals surface area contributed by atoms with Crippen molar-refractivity contribution in [3.8, 4) is 5.75 Å². The van der Waals surface area contributed by atoms with Gasteiger partial charge in [-0.25, -0.2) is 14.4 Å². The maximum absolute atomic E-state index is 13.9. The zero-order chi connectivity index (χ0) is 20.0. The molecule has 2 N–H and O–H groups in total. The van der Waals surface area contributed by atoms with Crippen LogP contribution in [0.1, 0.15) is 57.9 Å². The summed E-state index contributed by atoms with van der Waals surface area (Å²) >= 11 is 0. The Morgan fingerprint density at radius 3 is 2.67 bits per heavy atom. The van der Waals surface area contributed by atoms with Crippen LogP contribution in [0.4, 0.5) is 4.39 Å². The highest BCUT2D eigenvalue weighted by Crippen LogP contribution is 2.23. The number of aliphatic imine (C=N–C) groups is 1. The third kappa shape index (κ3) is 5.70. The molecular weight excluding hydrogens is 347 g/mol. The Morgan fingerprint density at radius 2 is 2.11 bits per heavy atom. The number of oxazole rings is 1. The predicted octanol–water partition coefficient (Wildman–Crippen LogP) is 3.94. The largest absolute Gasteiger partial charge is 0.494 e. The third-order valence-electron chi connectivity index (χ3n) is 4.04. The Labute approximate surface area is 160 Å². The van der Waals surface area contributed by atoms with E-state index >= 15 is 0 Å². The molecule has 0 amide bonds. The molecule has 0 aliphatic rings. The van der Waals surface area contributed by atoms with Gasteiger partial charge in [-0.2, -0.15) is 0 Å². The fourth-order valence-corrected chi connectivity index (χ4v) is 2.44. The summed E-state index contributed by atoms with van der Waals surface area (Å²) in [5, 5.41) is 6.45. The van der Waals surface area contributed by atoms with Gasteiger partial charge in [-0.15, -0.1) is 0 Å². The molecule has 0 radical (unpaired) electrons. The Hall–Kier alpha value is -2.57. The van der Waals surface area contributed by atoms with E-state index in [1.54, 1.807) is 12.3 Å². The molecule has 1 heterocycles. The van der Waals surface area contributed by atoms with Gasteiger partial charge in [-0.1, -0.05) is 26.8 Å². The molecule has 1 aromatic heterocycles. The Balaban J connectivity index is 2.08. The summed E-state index contributed by atoms with van der Waals surface area (Å²) in [5.74, 6) is 1.83. The van der Waals surface area contributed by atoms with Crippen LogP contribution in [-0.4, -0.2) is 24.6 Å². The molecular formula is C20H29FN4O2. The lowest BCUT2D eigenvalue weighted by Crippen LogP contribution is -2.38. The van der Waals surface area contributed by atoms with Gasteiger partial charge in [0.15, 0.2) is 17.5 Å². The molecule has 0 spiro atoms. The second kappa shape index (κ2) is 8.88. The summed E-state index contributed by atoms with van der Waals surface area (Å²) in [7, 11) is 1.45. The van der Waals surface area contributed by atoms with Crippen molar-refractivity contribution in [2.45, 2.75) is 52.6 Å². The molecule has 0 bridgehead atoms. The number of nitrogens with one attached hydrogen (secondary N) is 2. The summed E-state index contributed by atoms with van der Waals surface area (Å²) in [5.41, 5.74) is 0.704. The van der Waals surface area contributed by atoms with Crippen molar-refractivity contribution >= 4 is 5.96 Å². The van der Waals surface area contributed by atoms with Crippen molar-refractivity contribution in [2.24, 2.45) is 4.99 Å². The fourth-order valence-electron chi connectivity index (χ4n) is 2.44. The molecule has 1 atom stereocenters. The van der Waals surface area contributed by atoms with Crippen LogP contribution in [0.25, 0.3) is 0 Å². The fraction of sp³-hybridized carbons (Fsp3) is 0.500. The smallest absolute Gasteiger partial charge is 0.216 e. The van der Waals surface area contributed by atoms with Gasteiger partial charge in [0.25, 0.3) is 0 Å². The number of nitrogens with zero attached hydrogens (tertiary/aromatic N) is 2. The van der Waals surface area contributed by atoms with Gasteiger partial charge in [0.05, 0.1) is 19.3 Å². The van der Waals surface area contributed by atoms with E-state index in [2.05, 4.69) is 41.4 Å². The van der Waals surface area contributed by atoms with Crippen LogP contribution >= 0.6 is 0 Å². The number of hydrogen-bond acceptors (Lipinski definition) is 4. The molecule has 0 aliphatic carbocycles. The summed E-state index contributed by atoms with van der Waals surface area (Å²) in [4.78, 5) is 8.81. The molecule has 0 saturated heterocycles. The highest BCUT2D eigenvalue weighted by Gasteiger charge is 2.19. The second-order valence-electron chi connectivity index (χ2n) is 7.32. The highest BCUT2D eigenvalue weighted by molar-refractivity contribution is 5.80. The lowest BCUT2D eigenvalue weighted by atomic mass is 9.94. The minimum absolute atomic E-state index is 0.0926. The number of benzene rings is 1. The van der Waals surface area contributed by atoms with E-state index in [9.17, 15) is 4.39 Å². The Morgan fingerprint density at radius 1 is 1.37 bits per heavy atom. The SMILES string of the molecule is CCNC(=NCc1ncc(C(C)(C)C)o1)NC(C)c1ccc(OC)c(F)c1. The van der Waals surface area contributed by atoms with Gasteiger partial charge in [-0.05, 0) is 31.5 Å². The first-order valence-corrected chi connectivity index (χ1v) is 9.08. The van der Waals surface area contributed by atoms with E-state index in [0.29, 0.717) is 24.9 Å². The quantitative estimate of drug-likeness (QED) is 0.590. The number of aromatic nitrogens is 1. The molecule has 1 unspecified atom stereocenters. The van der Waals surface area contributed by atoms with Gasteiger partial charge in [0.1, 0.15) is 12.3 Å². The van der Waals surface area contributed by atoms with Crippen LogP contribution in [0.3, 0.4) is 0 Å². The first-order valence-electron chi connectivity index (χ1n) is 9.08. The van der Waals surface area contributed by atoms with Crippen molar-refractivity contribution < 1.29 is 13.5 Å². The van der Waals surface area contributed by atoms with Gasteiger partial charge in [0, 0.05) is 12.0 Å². The van der Waals surface area contributed by atoms with Crippen molar-refractivity contribution in [1.29, 1.82) is 0 Å². The summed E-state index contributed by atoms with van der Waals surface area (Å²) in [6, 6.07) is 4.77. The molecule has 6 nitrogen and oxygen atoms in total. The number of rotatable bonds is 6. The van der Waals surface area contributed by atoms with Crippen LogP contribution in [0, 0.1) is 5.82 Å². The second-order valence-corrected chi connectivity index (χ2v) is 7.32. The molecule has 0 aliphatic heterocycles. The minimum atomic E-state index is -0.389. The van der Waals surface area contributed by atoms with Crippen LogP contribution in [-0.2, 0) is 12.0 Å².